The molecule has 6 nitrogen and oxygen atoms in total. The molecule has 0 heterocycles. The molecule has 0 saturated heterocycles. The Morgan fingerprint density at radius 1 is 0.500 bits per heavy atom. The largest absolute Gasteiger partial charge is 0.550 e. The molecule has 0 aromatic heterocycles. The van der Waals surface area contributed by atoms with E-state index >= 15 is 0 Å². The monoisotopic (exact) mass is 394 g/mol. The first-order valence-corrected chi connectivity index (χ1v) is 11.4. The summed E-state index contributed by atoms with van der Waals surface area (Å²) >= 11 is 0. The van der Waals surface area contributed by atoms with Crippen LogP contribution in [0.5, 0.6) is 0 Å². The van der Waals surface area contributed by atoms with E-state index in [1.54, 1.807) is 0 Å². The summed E-state index contributed by atoms with van der Waals surface area (Å²) in [7, 11) is 0. The molecular weight excluding hydrogens is 360 g/mol. The third kappa shape index (κ3) is 5.12. The van der Waals surface area contributed by atoms with Crippen LogP contribution in [-0.4, -0.2) is 24.5 Å². The van der Waals surface area contributed by atoms with Crippen molar-refractivity contribution >= 4 is 12.3 Å². The van der Waals surface area contributed by atoms with Crippen LogP contribution < -0.4 is 0 Å². The van der Waals surface area contributed by atoms with Crippen LogP contribution in [0.4, 0.5) is 9.59 Å². The van der Waals surface area contributed by atoms with Crippen molar-refractivity contribution in [3.8, 4) is 0 Å². The fourth-order valence-electron chi connectivity index (χ4n) is 6.25. The van der Waals surface area contributed by atoms with Gasteiger partial charge in [-0.1, -0.05) is 51.4 Å². The lowest BCUT2D eigenvalue weighted by Crippen LogP contribution is -2.34. The predicted molar refractivity (Wildman–Crippen MR) is 101 cm³/mol. The normalized spacial score (nSPS) is 37.7. The van der Waals surface area contributed by atoms with E-state index in [4.69, 9.17) is 9.47 Å². The first-order valence-electron chi connectivity index (χ1n) is 11.4. The number of fused-ring (bicyclic) bond motifs is 2. The summed E-state index contributed by atoms with van der Waals surface area (Å²) < 4.78 is 10.7. The Morgan fingerprint density at radius 3 is 1.32 bits per heavy atom. The molecule has 4 aliphatic rings. The summed E-state index contributed by atoms with van der Waals surface area (Å²) in [6.07, 6.45) is 13.9. The highest BCUT2D eigenvalue weighted by molar-refractivity contribution is 5.63. The first kappa shape index (κ1) is 19.8. The molecule has 6 heteroatoms. The summed E-state index contributed by atoms with van der Waals surface area (Å²) in [5, 5.41) is 0. The first-order chi connectivity index (χ1) is 13.7. The number of hydrogen-bond donors (Lipinski definition) is 0. The van der Waals surface area contributed by atoms with Crippen molar-refractivity contribution in [1.82, 2.24) is 0 Å². The molecule has 4 aliphatic carbocycles. The van der Waals surface area contributed by atoms with Crippen LogP contribution in [-0.2, 0) is 19.2 Å². The van der Waals surface area contributed by atoms with Crippen LogP contribution >= 0.6 is 0 Å². The Morgan fingerprint density at radius 2 is 0.893 bits per heavy atom. The standard InChI is InChI=1S/C22H34O6/c23-21(25-19-11-9-15-5-1-3-7-17(15)13-19)27-28-22(24)26-20-12-10-16-6-2-4-8-18(16)14-20/h15-20H,1-14H2. The van der Waals surface area contributed by atoms with Crippen LogP contribution in [0.1, 0.15) is 89.9 Å². The van der Waals surface area contributed by atoms with Crippen molar-refractivity contribution in [1.29, 1.82) is 0 Å². The zero-order chi connectivity index (χ0) is 19.3. The molecule has 158 valence electrons. The van der Waals surface area contributed by atoms with Crippen molar-refractivity contribution in [2.45, 2.75) is 102 Å². The molecule has 4 saturated carbocycles. The van der Waals surface area contributed by atoms with Crippen molar-refractivity contribution in [2.24, 2.45) is 23.7 Å². The molecule has 28 heavy (non-hydrogen) atoms. The van der Waals surface area contributed by atoms with E-state index in [-0.39, 0.29) is 12.2 Å². The van der Waals surface area contributed by atoms with E-state index < -0.39 is 12.3 Å². The average Bonchev–Trinajstić information content (AvgIpc) is 2.72. The summed E-state index contributed by atoms with van der Waals surface area (Å²) in [6.45, 7) is 0. The quantitative estimate of drug-likeness (QED) is 0.329. The van der Waals surface area contributed by atoms with Crippen molar-refractivity contribution in [3.63, 3.8) is 0 Å². The Balaban J connectivity index is 1.13. The van der Waals surface area contributed by atoms with E-state index in [0.717, 1.165) is 50.4 Å². The third-order valence-electron chi connectivity index (χ3n) is 7.69. The lowest BCUT2D eigenvalue weighted by atomic mass is 9.70. The average molecular weight is 395 g/mol. The van der Waals surface area contributed by atoms with Crippen molar-refractivity contribution in [3.05, 3.63) is 0 Å². The van der Waals surface area contributed by atoms with E-state index in [1.807, 2.05) is 0 Å². The lowest BCUT2D eigenvalue weighted by Gasteiger charge is -2.38. The fraction of sp³-hybridized carbons (Fsp3) is 0.909. The van der Waals surface area contributed by atoms with E-state index in [9.17, 15) is 9.59 Å². The Bertz CT molecular complexity index is 501. The van der Waals surface area contributed by atoms with Crippen LogP contribution in [0.25, 0.3) is 0 Å². The number of carbonyl (C=O) groups excluding carboxylic acids is 2. The van der Waals surface area contributed by atoms with Gasteiger partial charge in [-0.15, -0.1) is 0 Å². The van der Waals surface area contributed by atoms with Crippen molar-refractivity contribution in [2.75, 3.05) is 0 Å². The van der Waals surface area contributed by atoms with Gasteiger partial charge in [-0.05, 0) is 62.2 Å². The molecule has 4 rings (SSSR count). The highest BCUT2D eigenvalue weighted by Gasteiger charge is 2.36. The van der Waals surface area contributed by atoms with Gasteiger partial charge >= 0.3 is 12.3 Å². The maximum Gasteiger partial charge on any atom is 0.550 e. The number of hydrogen-bond acceptors (Lipinski definition) is 6. The Kier molecular flexibility index (Phi) is 6.63. The van der Waals surface area contributed by atoms with Gasteiger partial charge in [0.25, 0.3) is 0 Å². The Labute approximate surface area is 167 Å². The van der Waals surface area contributed by atoms with Gasteiger partial charge in [0.2, 0.25) is 0 Å². The van der Waals surface area contributed by atoms with E-state index in [0.29, 0.717) is 11.8 Å². The highest BCUT2D eigenvalue weighted by atomic mass is 17.3. The molecule has 0 aliphatic heterocycles. The minimum Gasteiger partial charge on any atom is -0.428 e. The van der Waals surface area contributed by atoms with Gasteiger partial charge in [0.15, 0.2) is 0 Å². The van der Waals surface area contributed by atoms with Crippen LogP contribution in [0.15, 0.2) is 0 Å². The zero-order valence-corrected chi connectivity index (χ0v) is 16.8. The summed E-state index contributed by atoms with van der Waals surface area (Å²) in [4.78, 5) is 32.9. The SMILES string of the molecule is O=C(OOC(=O)OC1CCC2CCCCC2C1)OC1CCC2CCCCC2C1. The molecule has 0 aromatic carbocycles. The third-order valence-corrected chi connectivity index (χ3v) is 7.69. The van der Waals surface area contributed by atoms with Crippen LogP contribution in [0, 0.1) is 23.7 Å². The van der Waals surface area contributed by atoms with E-state index in [1.165, 1.54) is 51.4 Å². The van der Waals surface area contributed by atoms with Gasteiger partial charge in [0, 0.05) is 0 Å². The summed E-state index contributed by atoms with van der Waals surface area (Å²) in [5.74, 6) is 2.88. The topological polar surface area (TPSA) is 71.1 Å². The Hall–Kier alpha value is -1.46. The molecule has 0 radical (unpaired) electrons. The van der Waals surface area contributed by atoms with Gasteiger partial charge in [0.1, 0.15) is 12.2 Å². The molecule has 0 aromatic rings. The minimum absolute atomic E-state index is 0.131. The van der Waals surface area contributed by atoms with Gasteiger partial charge in [-0.2, -0.15) is 19.4 Å². The summed E-state index contributed by atoms with van der Waals surface area (Å²) in [5.41, 5.74) is 0. The van der Waals surface area contributed by atoms with E-state index in [2.05, 4.69) is 9.78 Å². The molecule has 0 amide bonds. The maximum atomic E-state index is 11.9. The molecule has 6 unspecified atom stereocenters. The molecule has 0 bridgehead atoms. The molecule has 0 spiro atoms. The number of carbonyl (C=O) groups is 2. The number of rotatable bonds is 2. The van der Waals surface area contributed by atoms with Gasteiger partial charge in [0.05, 0.1) is 0 Å². The molecule has 0 N–H and O–H groups in total. The van der Waals surface area contributed by atoms with Gasteiger partial charge in [-0.25, -0.2) is 0 Å². The summed E-state index contributed by atoms with van der Waals surface area (Å²) in [6, 6.07) is 0. The molecule has 4 fully saturated rings. The van der Waals surface area contributed by atoms with Gasteiger partial charge in [-0.3, -0.25) is 0 Å². The fourth-order valence-corrected chi connectivity index (χ4v) is 6.25. The maximum absolute atomic E-state index is 11.9. The van der Waals surface area contributed by atoms with Crippen LogP contribution in [0.3, 0.4) is 0 Å². The lowest BCUT2D eigenvalue weighted by molar-refractivity contribution is -0.228. The van der Waals surface area contributed by atoms with Crippen molar-refractivity contribution < 1.29 is 28.8 Å². The second kappa shape index (κ2) is 9.36. The highest BCUT2D eigenvalue weighted by Crippen LogP contribution is 2.42. The molecular formula is C22H34O6. The zero-order valence-electron chi connectivity index (χ0n) is 16.8. The number of ether oxygens (including phenoxy) is 2. The van der Waals surface area contributed by atoms with Crippen LogP contribution in [0.2, 0.25) is 0 Å². The predicted octanol–water partition coefficient (Wildman–Crippen LogP) is 5.93. The second-order valence-electron chi connectivity index (χ2n) is 9.38. The second-order valence-corrected chi connectivity index (χ2v) is 9.38. The smallest absolute Gasteiger partial charge is 0.428 e. The minimum atomic E-state index is -0.938. The molecule has 6 atom stereocenters. The van der Waals surface area contributed by atoms with Gasteiger partial charge < -0.3 is 9.47 Å².